The molecule has 2 heterocycles. The van der Waals surface area contributed by atoms with Crippen LogP contribution in [0.5, 0.6) is 5.75 Å². The number of carbonyl (C=O) groups excluding carboxylic acids is 1. The number of fused-ring (bicyclic) bond motifs is 1. The molecule has 126 valence electrons. The molecule has 0 aliphatic carbocycles. The number of benzene rings is 1. The average molecular weight is 316 g/mol. The summed E-state index contributed by atoms with van der Waals surface area (Å²) in [7, 11) is 0. The third-order valence-corrected chi connectivity index (χ3v) is 4.88. The van der Waals surface area contributed by atoms with Gasteiger partial charge in [-0.15, -0.1) is 0 Å². The molecule has 2 saturated heterocycles. The van der Waals surface area contributed by atoms with Gasteiger partial charge in [0.1, 0.15) is 5.75 Å². The topological polar surface area (TPSA) is 32.8 Å². The van der Waals surface area contributed by atoms with E-state index < -0.39 is 0 Å². The Balaban J connectivity index is 1.66. The lowest BCUT2D eigenvalue weighted by molar-refractivity contribution is -0.143. The normalized spacial score (nSPS) is 25.0. The van der Waals surface area contributed by atoms with E-state index in [0.29, 0.717) is 17.9 Å². The fraction of sp³-hybridized carbons (Fsp3) is 0.632. The molecule has 0 radical (unpaired) electrons. The van der Waals surface area contributed by atoms with Crippen LogP contribution in [0.3, 0.4) is 0 Å². The lowest BCUT2D eigenvalue weighted by atomic mass is 10.1. The Morgan fingerprint density at radius 1 is 1.35 bits per heavy atom. The maximum atomic E-state index is 12.5. The molecule has 4 heteroatoms. The highest BCUT2D eigenvalue weighted by Crippen LogP contribution is 2.27. The molecule has 0 unspecified atom stereocenters. The van der Waals surface area contributed by atoms with Crippen LogP contribution in [-0.2, 0) is 11.3 Å². The summed E-state index contributed by atoms with van der Waals surface area (Å²) in [6, 6.07) is 8.68. The Bertz CT molecular complexity index is 558. The largest absolute Gasteiger partial charge is 0.493 e. The van der Waals surface area contributed by atoms with Crippen molar-refractivity contribution in [2.45, 2.75) is 52.2 Å². The maximum absolute atomic E-state index is 12.5. The van der Waals surface area contributed by atoms with E-state index in [1.54, 1.807) is 0 Å². The summed E-state index contributed by atoms with van der Waals surface area (Å²) in [6.45, 7) is 9.83. The van der Waals surface area contributed by atoms with Crippen LogP contribution in [0.4, 0.5) is 0 Å². The quantitative estimate of drug-likeness (QED) is 0.837. The third-order valence-electron chi connectivity index (χ3n) is 4.88. The van der Waals surface area contributed by atoms with Gasteiger partial charge in [-0.3, -0.25) is 9.69 Å². The zero-order valence-electron chi connectivity index (χ0n) is 14.5. The number of hydrogen-bond acceptors (Lipinski definition) is 3. The molecule has 0 bridgehead atoms. The average Bonchev–Trinajstić information content (AvgIpc) is 2.99. The second-order valence-corrected chi connectivity index (χ2v) is 7.29. The molecule has 0 spiro atoms. The van der Waals surface area contributed by atoms with E-state index >= 15 is 0 Å². The van der Waals surface area contributed by atoms with Crippen LogP contribution in [-0.4, -0.2) is 47.5 Å². The molecule has 2 aliphatic heterocycles. The van der Waals surface area contributed by atoms with Crippen LogP contribution in [0, 0.1) is 5.92 Å². The molecule has 1 amide bonds. The third kappa shape index (κ3) is 3.69. The Hall–Kier alpha value is -1.55. The number of ether oxygens (including phenoxy) is 1. The summed E-state index contributed by atoms with van der Waals surface area (Å²) in [5.41, 5.74) is 1.22. The number of nitrogens with zero attached hydrogens (tertiary/aromatic N) is 2. The van der Waals surface area contributed by atoms with Gasteiger partial charge < -0.3 is 9.64 Å². The molecule has 4 nitrogen and oxygen atoms in total. The highest BCUT2D eigenvalue weighted by atomic mass is 16.5. The first-order chi connectivity index (χ1) is 11.0. The van der Waals surface area contributed by atoms with Crippen molar-refractivity contribution in [3.05, 3.63) is 29.8 Å². The Labute approximate surface area is 139 Å². The highest BCUT2D eigenvalue weighted by Gasteiger charge is 2.39. The van der Waals surface area contributed by atoms with E-state index in [2.05, 4.69) is 35.8 Å². The van der Waals surface area contributed by atoms with E-state index in [9.17, 15) is 4.79 Å². The van der Waals surface area contributed by atoms with Crippen molar-refractivity contribution in [3.63, 3.8) is 0 Å². The summed E-state index contributed by atoms with van der Waals surface area (Å²) in [6.07, 6.45) is 2.29. The summed E-state index contributed by atoms with van der Waals surface area (Å²) < 4.78 is 5.82. The summed E-state index contributed by atoms with van der Waals surface area (Å²) in [5, 5.41) is 0. The lowest BCUT2D eigenvalue weighted by Gasteiger charge is -2.41. The molecular weight excluding hydrogens is 288 g/mol. The number of rotatable bonds is 5. The van der Waals surface area contributed by atoms with Gasteiger partial charge in [-0.1, -0.05) is 26.0 Å². The second-order valence-electron chi connectivity index (χ2n) is 7.29. The van der Waals surface area contributed by atoms with Gasteiger partial charge in [0.05, 0.1) is 12.6 Å². The Morgan fingerprint density at radius 3 is 2.96 bits per heavy atom. The number of piperazine rings is 1. The van der Waals surface area contributed by atoms with E-state index in [0.717, 1.165) is 44.8 Å². The van der Waals surface area contributed by atoms with Gasteiger partial charge in [0.2, 0.25) is 5.91 Å². The predicted molar refractivity (Wildman–Crippen MR) is 91.4 cm³/mol. The molecule has 2 atom stereocenters. The van der Waals surface area contributed by atoms with Crippen LogP contribution >= 0.6 is 0 Å². The molecule has 2 aliphatic rings. The van der Waals surface area contributed by atoms with E-state index in [1.807, 2.05) is 19.1 Å². The van der Waals surface area contributed by atoms with Gasteiger partial charge in [0.15, 0.2) is 0 Å². The van der Waals surface area contributed by atoms with Gasteiger partial charge >= 0.3 is 0 Å². The fourth-order valence-electron chi connectivity index (χ4n) is 3.57. The molecule has 1 aromatic rings. The molecule has 0 saturated carbocycles. The first-order valence-corrected chi connectivity index (χ1v) is 8.81. The second kappa shape index (κ2) is 6.91. The maximum Gasteiger partial charge on any atom is 0.239 e. The molecule has 2 fully saturated rings. The van der Waals surface area contributed by atoms with Crippen molar-refractivity contribution in [1.29, 1.82) is 0 Å². The predicted octanol–water partition coefficient (Wildman–Crippen LogP) is 2.92. The number of carbonyl (C=O) groups is 1. The fourth-order valence-corrected chi connectivity index (χ4v) is 3.57. The monoisotopic (exact) mass is 316 g/mol. The first kappa shape index (κ1) is 16.3. The summed E-state index contributed by atoms with van der Waals surface area (Å²) >= 11 is 0. The van der Waals surface area contributed by atoms with Crippen LogP contribution in [0.25, 0.3) is 0 Å². The van der Waals surface area contributed by atoms with Crippen LogP contribution in [0.15, 0.2) is 24.3 Å². The van der Waals surface area contributed by atoms with Crippen LogP contribution in [0.1, 0.15) is 39.2 Å². The number of hydrogen-bond donors (Lipinski definition) is 0. The minimum Gasteiger partial charge on any atom is -0.493 e. The van der Waals surface area contributed by atoms with Gasteiger partial charge in [-0.05, 0) is 43.4 Å². The molecule has 1 aromatic carbocycles. The van der Waals surface area contributed by atoms with Gasteiger partial charge in [0.25, 0.3) is 0 Å². The smallest absolute Gasteiger partial charge is 0.239 e. The zero-order chi connectivity index (χ0) is 16.4. The van der Waals surface area contributed by atoms with Crippen molar-refractivity contribution in [2.24, 2.45) is 5.92 Å². The molecular formula is C19H28N2O2. The standard InChI is InChI=1S/C19H28N2O2/c1-14(2)13-23-18-8-4-6-16(10-18)11-20-12-17-7-5-9-21(17)19(22)15(20)3/h4,6,8,10,14-15,17H,5,7,9,11-13H2,1-3H3/t15-,17+/m0/s1. The highest BCUT2D eigenvalue weighted by molar-refractivity contribution is 5.83. The van der Waals surface area contributed by atoms with E-state index in [-0.39, 0.29) is 6.04 Å². The Morgan fingerprint density at radius 2 is 2.17 bits per heavy atom. The molecule has 3 rings (SSSR count). The van der Waals surface area contributed by atoms with Crippen LogP contribution < -0.4 is 4.74 Å². The SMILES string of the molecule is CC(C)COc1cccc(CN2C[C@H]3CCCN3C(=O)[C@@H]2C)c1. The van der Waals surface area contributed by atoms with Gasteiger partial charge in [0, 0.05) is 25.7 Å². The van der Waals surface area contributed by atoms with Crippen molar-refractivity contribution in [1.82, 2.24) is 9.80 Å². The molecule has 0 aromatic heterocycles. The molecule has 0 N–H and O–H groups in total. The van der Waals surface area contributed by atoms with Crippen molar-refractivity contribution in [3.8, 4) is 5.75 Å². The van der Waals surface area contributed by atoms with E-state index in [4.69, 9.17) is 4.74 Å². The van der Waals surface area contributed by atoms with E-state index in [1.165, 1.54) is 5.56 Å². The van der Waals surface area contributed by atoms with Crippen molar-refractivity contribution >= 4 is 5.91 Å². The zero-order valence-corrected chi connectivity index (χ0v) is 14.5. The van der Waals surface area contributed by atoms with Crippen molar-refractivity contribution in [2.75, 3.05) is 19.7 Å². The summed E-state index contributed by atoms with van der Waals surface area (Å²) in [5.74, 6) is 1.74. The van der Waals surface area contributed by atoms with Gasteiger partial charge in [-0.2, -0.15) is 0 Å². The lowest BCUT2D eigenvalue weighted by Crippen LogP contribution is -2.58. The minimum absolute atomic E-state index is 0.0235. The Kier molecular flexibility index (Phi) is 4.90. The summed E-state index contributed by atoms with van der Waals surface area (Å²) in [4.78, 5) is 16.9. The van der Waals surface area contributed by atoms with Gasteiger partial charge in [-0.25, -0.2) is 0 Å². The number of amides is 1. The van der Waals surface area contributed by atoms with Crippen molar-refractivity contribution < 1.29 is 9.53 Å². The first-order valence-electron chi connectivity index (χ1n) is 8.81. The minimum atomic E-state index is -0.0235. The molecule has 23 heavy (non-hydrogen) atoms. The van der Waals surface area contributed by atoms with Crippen LogP contribution in [0.2, 0.25) is 0 Å².